The van der Waals surface area contributed by atoms with Crippen molar-refractivity contribution in [3.05, 3.63) is 58.6 Å². The van der Waals surface area contributed by atoms with E-state index < -0.39 is 10.0 Å². The first-order valence-corrected chi connectivity index (χ1v) is 8.54. The number of sulfonamides is 1. The zero-order valence-electron chi connectivity index (χ0n) is 12.2. The van der Waals surface area contributed by atoms with E-state index in [1.807, 2.05) is 19.1 Å². The lowest BCUT2D eigenvalue weighted by Crippen LogP contribution is -2.13. The summed E-state index contributed by atoms with van der Waals surface area (Å²) in [6.45, 7) is 6.20. The van der Waals surface area contributed by atoms with Crippen LogP contribution >= 0.6 is 11.6 Å². The summed E-state index contributed by atoms with van der Waals surface area (Å²) in [6, 6.07) is 11.7. The van der Waals surface area contributed by atoms with Crippen molar-refractivity contribution >= 4 is 27.3 Å². The van der Waals surface area contributed by atoms with E-state index in [2.05, 4.69) is 18.6 Å². The molecule has 5 heteroatoms. The molecule has 0 fully saturated rings. The number of hydrogen-bond acceptors (Lipinski definition) is 2. The average Bonchev–Trinajstić information content (AvgIpc) is 2.38. The fourth-order valence-corrected chi connectivity index (χ4v) is 3.39. The Bertz CT molecular complexity index is 737. The van der Waals surface area contributed by atoms with Crippen LogP contribution in [0.3, 0.4) is 0 Å². The second-order valence-corrected chi connectivity index (χ2v) is 7.40. The molecule has 3 nitrogen and oxygen atoms in total. The Kier molecular flexibility index (Phi) is 4.59. The molecule has 0 aliphatic rings. The zero-order chi connectivity index (χ0) is 15.6. The van der Waals surface area contributed by atoms with Gasteiger partial charge in [-0.05, 0) is 60.4 Å². The Morgan fingerprint density at radius 2 is 1.67 bits per heavy atom. The maximum absolute atomic E-state index is 12.3. The van der Waals surface area contributed by atoms with E-state index >= 15 is 0 Å². The minimum atomic E-state index is -3.59. The molecule has 0 atom stereocenters. The molecule has 0 saturated carbocycles. The molecule has 0 heterocycles. The van der Waals surface area contributed by atoms with Gasteiger partial charge in [-0.2, -0.15) is 0 Å². The summed E-state index contributed by atoms with van der Waals surface area (Å²) in [5.41, 5.74) is 2.84. The third-order valence-electron chi connectivity index (χ3n) is 3.27. The van der Waals surface area contributed by atoms with Gasteiger partial charge in [0.05, 0.1) is 4.90 Å². The lowest BCUT2D eigenvalue weighted by atomic mass is 9.98. The Balaban J connectivity index is 2.29. The van der Waals surface area contributed by atoms with Crippen molar-refractivity contribution in [3.63, 3.8) is 0 Å². The first kappa shape index (κ1) is 15.9. The molecule has 2 rings (SSSR count). The summed E-state index contributed by atoms with van der Waals surface area (Å²) >= 11 is 5.77. The first-order chi connectivity index (χ1) is 9.79. The van der Waals surface area contributed by atoms with Crippen molar-refractivity contribution in [1.29, 1.82) is 0 Å². The summed E-state index contributed by atoms with van der Waals surface area (Å²) in [4.78, 5) is 0.192. The van der Waals surface area contributed by atoms with Gasteiger partial charge in [-0.15, -0.1) is 0 Å². The second-order valence-electron chi connectivity index (χ2n) is 5.29. The van der Waals surface area contributed by atoms with Crippen molar-refractivity contribution in [1.82, 2.24) is 0 Å². The number of aryl methyl sites for hydroxylation is 1. The predicted octanol–water partition coefficient (Wildman–Crippen LogP) is 4.57. The molecule has 0 unspecified atom stereocenters. The van der Waals surface area contributed by atoms with Crippen molar-refractivity contribution < 1.29 is 8.42 Å². The Morgan fingerprint density at radius 3 is 2.19 bits per heavy atom. The molecule has 112 valence electrons. The van der Waals surface area contributed by atoms with Crippen LogP contribution in [-0.4, -0.2) is 8.42 Å². The standard InChI is InChI=1S/C16H18ClNO2S/c1-11(2)16-9-6-14(10-12(16)3)18-21(19,20)15-7-4-13(17)5-8-15/h4-11,18H,1-3H3. The molecular weight excluding hydrogens is 306 g/mol. The van der Waals surface area contributed by atoms with E-state index in [-0.39, 0.29) is 4.90 Å². The van der Waals surface area contributed by atoms with Gasteiger partial charge in [0.25, 0.3) is 10.0 Å². The molecule has 0 spiro atoms. The monoisotopic (exact) mass is 323 g/mol. The lowest BCUT2D eigenvalue weighted by molar-refractivity contribution is 0.601. The summed E-state index contributed by atoms with van der Waals surface area (Å²) in [6.07, 6.45) is 0. The number of anilines is 1. The molecule has 21 heavy (non-hydrogen) atoms. The van der Waals surface area contributed by atoms with Crippen LogP contribution in [-0.2, 0) is 10.0 Å². The summed E-state index contributed by atoms with van der Waals surface area (Å²) in [5.74, 6) is 0.409. The second kappa shape index (κ2) is 6.08. The third kappa shape index (κ3) is 3.77. The highest BCUT2D eigenvalue weighted by molar-refractivity contribution is 7.92. The van der Waals surface area contributed by atoms with Gasteiger partial charge >= 0.3 is 0 Å². The minimum absolute atomic E-state index is 0.192. The summed E-state index contributed by atoms with van der Waals surface area (Å²) < 4.78 is 27.2. The summed E-state index contributed by atoms with van der Waals surface area (Å²) in [5, 5.41) is 0.506. The van der Waals surface area contributed by atoms with Gasteiger partial charge in [-0.25, -0.2) is 8.42 Å². The fourth-order valence-electron chi connectivity index (χ4n) is 2.21. The molecule has 2 aromatic rings. The highest BCUT2D eigenvalue weighted by Crippen LogP contribution is 2.24. The van der Waals surface area contributed by atoms with Crippen LogP contribution in [0.1, 0.15) is 30.9 Å². The number of halogens is 1. The Morgan fingerprint density at radius 1 is 1.05 bits per heavy atom. The lowest BCUT2D eigenvalue weighted by Gasteiger charge is -2.13. The van der Waals surface area contributed by atoms with E-state index in [4.69, 9.17) is 11.6 Å². The maximum Gasteiger partial charge on any atom is 0.261 e. The highest BCUT2D eigenvalue weighted by atomic mass is 35.5. The normalized spacial score (nSPS) is 11.7. The van der Waals surface area contributed by atoms with Crippen molar-refractivity contribution in [3.8, 4) is 0 Å². The van der Waals surface area contributed by atoms with Gasteiger partial charge in [0.15, 0.2) is 0 Å². The van der Waals surface area contributed by atoms with Crippen LogP contribution in [0.4, 0.5) is 5.69 Å². The van der Waals surface area contributed by atoms with Crippen LogP contribution < -0.4 is 4.72 Å². The van der Waals surface area contributed by atoms with E-state index in [9.17, 15) is 8.42 Å². The fraction of sp³-hybridized carbons (Fsp3) is 0.250. The minimum Gasteiger partial charge on any atom is -0.280 e. The van der Waals surface area contributed by atoms with Crippen molar-refractivity contribution in [2.75, 3.05) is 4.72 Å². The van der Waals surface area contributed by atoms with Gasteiger partial charge in [0.1, 0.15) is 0 Å². The quantitative estimate of drug-likeness (QED) is 0.895. The van der Waals surface area contributed by atoms with Crippen molar-refractivity contribution in [2.24, 2.45) is 0 Å². The van der Waals surface area contributed by atoms with E-state index in [1.54, 1.807) is 18.2 Å². The largest absolute Gasteiger partial charge is 0.280 e. The predicted molar refractivity (Wildman–Crippen MR) is 87.5 cm³/mol. The topological polar surface area (TPSA) is 46.2 Å². The molecule has 2 aromatic carbocycles. The average molecular weight is 324 g/mol. The summed E-state index contributed by atoms with van der Waals surface area (Å²) in [7, 11) is -3.59. The van der Waals surface area contributed by atoms with Crippen LogP contribution in [0.5, 0.6) is 0 Å². The van der Waals surface area contributed by atoms with Crippen LogP contribution in [0, 0.1) is 6.92 Å². The molecular formula is C16H18ClNO2S. The smallest absolute Gasteiger partial charge is 0.261 e. The van der Waals surface area contributed by atoms with Gasteiger partial charge in [-0.1, -0.05) is 31.5 Å². The van der Waals surface area contributed by atoms with Crippen LogP contribution in [0.25, 0.3) is 0 Å². The van der Waals surface area contributed by atoms with E-state index in [0.717, 1.165) is 5.56 Å². The van der Waals surface area contributed by atoms with Gasteiger partial charge in [0.2, 0.25) is 0 Å². The van der Waals surface area contributed by atoms with Gasteiger partial charge in [-0.3, -0.25) is 4.72 Å². The van der Waals surface area contributed by atoms with Gasteiger partial charge < -0.3 is 0 Å². The molecule has 0 aliphatic heterocycles. The number of nitrogens with one attached hydrogen (secondary N) is 1. The molecule has 1 N–H and O–H groups in total. The molecule has 0 saturated heterocycles. The molecule has 0 amide bonds. The number of benzene rings is 2. The molecule has 0 radical (unpaired) electrons. The van der Waals surface area contributed by atoms with E-state index in [0.29, 0.717) is 16.6 Å². The molecule has 0 aromatic heterocycles. The first-order valence-electron chi connectivity index (χ1n) is 6.68. The van der Waals surface area contributed by atoms with Gasteiger partial charge in [0, 0.05) is 10.7 Å². The Labute approximate surface area is 131 Å². The SMILES string of the molecule is Cc1cc(NS(=O)(=O)c2ccc(Cl)cc2)ccc1C(C)C. The number of hydrogen-bond donors (Lipinski definition) is 1. The molecule has 0 aliphatic carbocycles. The van der Waals surface area contributed by atoms with Crippen LogP contribution in [0.2, 0.25) is 5.02 Å². The number of rotatable bonds is 4. The maximum atomic E-state index is 12.3. The van der Waals surface area contributed by atoms with Crippen molar-refractivity contribution in [2.45, 2.75) is 31.6 Å². The van der Waals surface area contributed by atoms with E-state index in [1.165, 1.54) is 17.7 Å². The zero-order valence-corrected chi connectivity index (χ0v) is 13.8. The Hall–Kier alpha value is -1.52. The van der Waals surface area contributed by atoms with Crippen LogP contribution in [0.15, 0.2) is 47.4 Å². The third-order valence-corrected chi connectivity index (χ3v) is 4.92. The highest BCUT2D eigenvalue weighted by Gasteiger charge is 2.14. The molecule has 0 bridgehead atoms.